The van der Waals surface area contributed by atoms with E-state index in [-0.39, 0.29) is 24.5 Å². The fraction of sp³-hybridized carbons (Fsp3) is 0.500. The normalized spacial score (nSPS) is 20.0. The molecule has 0 unspecified atom stereocenters. The van der Waals surface area contributed by atoms with Crippen molar-refractivity contribution in [2.75, 3.05) is 20.2 Å². The first-order chi connectivity index (χ1) is 10.9. The number of carboxylic acid groups (broad SMARTS) is 1. The standard InChI is InChI=1S/C16H21ClN2O4/c1-3-19(9-15(20)21)12-7-11(8-12)18-16(22)10-4-5-13(17)14(6-10)23-2/h4-6,11-12H,3,7-9H2,1-2H3,(H,18,22)(H,20,21). The monoisotopic (exact) mass is 340 g/mol. The number of carbonyl (C=O) groups is 2. The van der Waals surface area contributed by atoms with Gasteiger partial charge in [-0.25, -0.2) is 0 Å². The third-order valence-corrected chi connectivity index (χ3v) is 4.43. The molecule has 0 spiro atoms. The van der Waals surface area contributed by atoms with Gasteiger partial charge in [0, 0.05) is 17.6 Å². The topological polar surface area (TPSA) is 78.9 Å². The highest BCUT2D eigenvalue weighted by atomic mass is 35.5. The molecule has 6 nitrogen and oxygen atoms in total. The van der Waals surface area contributed by atoms with Crippen LogP contribution >= 0.6 is 11.6 Å². The fourth-order valence-corrected chi connectivity index (χ4v) is 2.94. The summed E-state index contributed by atoms with van der Waals surface area (Å²) in [5, 5.41) is 12.3. The average Bonchev–Trinajstić information content (AvgIpc) is 2.48. The van der Waals surface area contributed by atoms with Crippen LogP contribution in [0.4, 0.5) is 0 Å². The highest BCUT2D eigenvalue weighted by Crippen LogP contribution is 2.27. The lowest BCUT2D eigenvalue weighted by Crippen LogP contribution is -2.54. The molecular weight excluding hydrogens is 320 g/mol. The number of nitrogens with one attached hydrogen (secondary N) is 1. The molecule has 1 saturated carbocycles. The minimum Gasteiger partial charge on any atom is -0.495 e. The smallest absolute Gasteiger partial charge is 0.317 e. The summed E-state index contributed by atoms with van der Waals surface area (Å²) in [5.74, 6) is -0.540. The molecule has 0 aromatic heterocycles. The van der Waals surface area contributed by atoms with E-state index in [9.17, 15) is 9.59 Å². The van der Waals surface area contributed by atoms with Crippen LogP contribution in [0.25, 0.3) is 0 Å². The number of hydrogen-bond acceptors (Lipinski definition) is 4. The number of methoxy groups -OCH3 is 1. The van der Waals surface area contributed by atoms with E-state index >= 15 is 0 Å². The molecule has 0 heterocycles. The van der Waals surface area contributed by atoms with Crippen molar-refractivity contribution in [3.05, 3.63) is 28.8 Å². The first kappa shape index (κ1) is 17.6. The highest BCUT2D eigenvalue weighted by Gasteiger charge is 2.34. The van der Waals surface area contributed by atoms with Gasteiger partial charge in [-0.15, -0.1) is 0 Å². The third kappa shape index (κ3) is 4.36. The van der Waals surface area contributed by atoms with E-state index < -0.39 is 5.97 Å². The van der Waals surface area contributed by atoms with Gasteiger partial charge >= 0.3 is 5.97 Å². The molecule has 2 rings (SSSR count). The molecule has 126 valence electrons. The van der Waals surface area contributed by atoms with E-state index in [2.05, 4.69) is 5.32 Å². The van der Waals surface area contributed by atoms with Gasteiger partial charge in [0.15, 0.2) is 0 Å². The Hall–Kier alpha value is -1.79. The Morgan fingerprint density at radius 3 is 2.70 bits per heavy atom. The van der Waals surface area contributed by atoms with E-state index in [1.807, 2.05) is 11.8 Å². The first-order valence-electron chi connectivity index (χ1n) is 7.54. The van der Waals surface area contributed by atoms with Gasteiger partial charge in [0.2, 0.25) is 0 Å². The second-order valence-electron chi connectivity index (χ2n) is 5.60. The van der Waals surface area contributed by atoms with Crippen LogP contribution in [0.3, 0.4) is 0 Å². The Kier molecular flexibility index (Phi) is 5.85. The Labute approximate surface area is 140 Å². The van der Waals surface area contributed by atoms with Crippen molar-refractivity contribution in [3.8, 4) is 5.75 Å². The number of carboxylic acids is 1. The molecule has 1 aromatic carbocycles. The van der Waals surface area contributed by atoms with Crippen LogP contribution in [0.5, 0.6) is 5.75 Å². The number of rotatable bonds is 7. The van der Waals surface area contributed by atoms with Crippen molar-refractivity contribution < 1.29 is 19.4 Å². The molecule has 1 aromatic rings. The Morgan fingerprint density at radius 1 is 1.43 bits per heavy atom. The molecule has 1 aliphatic carbocycles. The number of likely N-dealkylation sites (N-methyl/N-ethyl adjacent to an activating group) is 1. The summed E-state index contributed by atoms with van der Waals surface area (Å²) in [6.07, 6.45) is 1.52. The number of nitrogens with zero attached hydrogens (tertiary/aromatic N) is 1. The third-order valence-electron chi connectivity index (χ3n) is 4.12. The minimum atomic E-state index is -0.826. The molecule has 1 aliphatic rings. The van der Waals surface area contributed by atoms with Gasteiger partial charge in [-0.3, -0.25) is 14.5 Å². The molecule has 7 heteroatoms. The van der Waals surface area contributed by atoms with Crippen molar-refractivity contribution in [3.63, 3.8) is 0 Å². The van der Waals surface area contributed by atoms with Gasteiger partial charge in [0.1, 0.15) is 5.75 Å². The first-order valence-corrected chi connectivity index (χ1v) is 7.92. The molecule has 0 aliphatic heterocycles. The van der Waals surface area contributed by atoms with Gasteiger partial charge in [0.25, 0.3) is 5.91 Å². The van der Waals surface area contributed by atoms with Crippen LogP contribution in [0.15, 0.2) is 18.2 Å². The van der Waals surface area contributed by atoms with Gasteiger partial charge in [-0.1, -0.05) is 18.5 Å². The number of hydrogen-bond donors (Lipinski definition) is 2. The summed E-state index contributed by atoms with van der Waals surface area (Å²) in [5.41, 5.74) is 0.493. The summed E-state index contributed by atoms with van der Waals surface area (Å²) in [6, 6.07) is 5.17. The van der Waals surface area contributed by atoms with Crippen molar-refractivity contribution in [1.82, 2.24) is 10.2 Å². The van der Waals surface area contributed by atoms with Gasteiger partial charge in [-0.05, 0) is 37.6 Å². The summed E-state index contributed by atoms with van der Waals surface area (Å²) < 4.78 is 5.11. The fourth-order valence-electron chi connectivity index (χ4n) is 2.75. The second-order valence-corrected chi connectivity index (χ2v) is 6.01. The molecule has 23 heavy (non-hydrogen) atoms. The predicted octanol–water partition coefficient (Wildman–Crippen LogP) is 2.02. The molecular formula is C16H21ClN2O4. The van der Waals surface area contributed by atoms with Crippen LogP contribution in [0.1, 0.15) is 30.1 Å². The molecule has 1 amide bonds. The van der Waals surface area contributed by atoms with E-state index in [0.29, 0.717) is 22.9 Å². The van der Waals surface area contributed by atoms with Gasteiger partial charge < -0.3 is 15.2 Å². The molecule has 0 radical (unpaired) electrons. The highest BCUT2D eigenvalue weighted by molar-refractivity contribution is 6.32. The van der Waals surface area contributed by atoms with E-state index in [4.69, 9.17) is 21.4 Å². The Morgan fingerprint density at radius 2 is 2.13 bits per heavy atom. The molecule has 2 N–H and O–H groups in total. The zero-order valence-electron chi connectivity index (χ0n) is 13.2. The van der Waals surface area contributed by atoms with Crippen molar-refractivity contribution >= 4 is 23.5 Å². The van der Waals surface area contributed by atoms with Crippen LogP contribution in [0, 0.1) is 0 Å². The lowest BCUT2D eigenvalue weighted by Gasteiger charge is -2.42. The van der Waals surface area contributed by atoms with E-state index in [1.165, 1.54) is 7.11 Å². The van der Waals surface area contributed by atoms with Crippen molar-refractivity contribution in [2.24, 2.45) is 0 Å². The summed E-state index contributed by atoms with van der Waals surface area (Å²) in [4.78, 5) is 25.0. The maximum atomic E-state index is 12.2. The summed E-state index contributed by atoms with van der Waals surface area (Å²) in [7, 11) is 1.50. The zero-order chi connectivity index (χ0) is 17.0. The van der Waals surface area contributed by atoms with Crippen LogP contribution in [0.2, 0.25) is 5.02 Å². The SMILES string of the molecule is CCN(CC(=O)O)C1CC(NC(=O)c2ccc(Cl)c(OC)c2)C1. The minimum absolute atomic E-state index is 0.0379. The number of benzene rings is 1. The molecule has 0 bridgehead atoms. The number of halogens is 1. The maximum absolute atomic E-state index is 12.2. The Bertz CT molecular complexity index is 587. The van der Waals surface area contributed by atoms with Crippen LogP contribution in [-0.4, -0.2) is 54.2 Å². The zero-order valence-corrected chi connectivity index (χ0v) is 14.0. The number of carbonyl (C=O) groups excluding carboxylic acids is 1. The lowest BCUT2D eigenvalue weighted by molar-refractivity contribution is -0.139. The molecule has 1 fully saturated rings. The number of aliphatic carboxylic acids is 1. The van der Waals surface area contributed by atoms with E-state index in [1.54, 1.807) is 18.2 Å². The largest absolute Gasteiger partial charge is 0.495 e. The predicted molar refractivity (Wildman–Crippen MR) is 87.2 cm³/mol. The van der Waals surface area contributed by atoms with Gasteiger partial charge in [0.05, 0.1) is 18.7 Å². The number of ether oxygens (including phenoxy) is 1. The quantitative estimate of drug-likeness (QED) is 0.794. The second kappa shape index (κ2) is 7.66. The molecule has 0 atom stereocenters. The summed E-state index contributed by atoms with van der Waals surface area (Å²) >= 11 is 5.95. The van der Waals surface area contributed by atoms with Crippen molar-refractivity contribution in [2.45, 2.75) is 31.8 Å². The van der Waals surface area contributed by atoms with Crippen LogP contribution < -0.4 is 10.1 Å². The lowest BCUT2D eigenvalue weighted by atomic mass is 9.85. The van der Waals surface area contributed by atoms with Crippen LogP contribution in [-0.2, 0) is 4.79 Å². The van der Waals surface area contributed by atoms with E-state index in [0.717, 1.165) is 12.8 Å². The Balaban J connectivity index is 1.87. The maximum Gasteiger partial charge on any atom is 0.317 e. The van der Waals surface area contributed by atoms with Gasteiger partial charge in [-0.2, -0.15) is 0 Å². The molecule has 0 saturated heterocycles. The van der Waals surface area contributed by atoms with Crippen molar-refractivity contribution in [1.29, 1.82) is 0 Å². The average molecular weight is 341 g/mol. The number of amides is 1. The summed E-state index contributed by atoms with van der Waals surface area (Å²) in [6.45, 7) is 2.66.